The number of benzene rings is 3. The third-order valence-electron chi connectivity index (χ3n) is 9.00. The molecule has 2 aromatic heterocycles. The van der Waals surface area contributed by atoms with Crippen LogP contribution in [0.2, 0.25) is 0 Å². The zero-order valence-electron chi connectivity index (χ0n) is 27.8. The van der Waals surface area contributed by atoms with E-state index >= 15 is 0 Å². The summed E-state index contributed by atoms with van der Waals surface area (Å²) in [6.07, 6.45) is 5.51. The quantitative estimate of drug-likeness (QED) is 0.184. The van der Waals surface area contributed by atoms with E-state index in [4.69, 9.17) is 14.2 Å². The minimum atomic E-state index is -0.973. The molecule has 2 fully saturated rings. The summed E-state index contributed by atoms with van der Waals surface area (Å²) in [6.45, 7) is 8.79. The number of hydrogen-bond acceptors (Lipinski definition) is 9. The Hall–Kier alpha value is -4.24. The smallest absolute Gasteiger partial charge is 0.350 e. The lowest BCUT2D eigenvalue weighted by molar-refractivity contribution is -0.192. The minimum Gasteiger partial charge on any atom is -0.491 e. The van der Waals surface area contributed by atoms with Crippen LogP contribution in [0.25, 0.3) is 5.69 Å². The van der Waals surface area contributed by atoms with E-state index in [-0.39, 0.29) is 52.3 Å². The highest BCUT2D eigenvalue weighted by Gasteiger charge is 2.44. The first kappa shape index (κ1) is 38.6. The van der Waals surface area contributed by atoms with E-state index in [0.717, 1.165) is 55.3 Å². The molecule has 0 N–H and O–H groups in total. The van der Waals surface area contributed by atoms with E-state index in [9.17, 15) is 4.79 Å². The molecule has 1 unspecified atom stereocenters. The average Bonchev–Trinajstić information content (AvgIpc) is 3.89. The highest BCUT2D eigenvalue weighted by atomic mass is 32.1. The van der Waals surface area contributed by atoms with Crippen LogP contribution in [-0.4, -0.2) is 74.8 Å². The fourth-order valence-corrected chi connectivity index (χ4v) is 6.13. The van der Waals surface area contributed by atoms with Crippen LogP contribution in [0.4, 0.5) is 11.4 Å². The molecule has 0 amide bonds. The van der Waals surface area contributed by atoms with Crippen LogP contribution >= 0.6 is 27.0 Å². The van der Waals surface area contributed by atoms with Gasteiger partial charge in [-0.1, -0.05) is 44.7 Å². The molecule has 14 heteroatoms. The number of piperazine rings is 1. The molecule has 7 rings (SSSR count). The average molecular weight is 721 g/mol. The van der Waals surface area contributed by atoms with Crippen LogP contribution in [0.15, 0.2) is 102 Å². The number of ether oxygens (including phenoxy) is 3. The zero-order chi connectivity index (χ0) is 32.2. The Morgan fingerprint density at radius 2 is 1.42 bits per heavy atom. The van der Waals surface area contributed by atoms with Crippen LogP contribution in [0.1, 0.15) is 39.3 Å². The molecule has 0 bridgehead atoms. The van der Waals surface area contributed by atoms with Crippen LogP contribution in [0.3, 0.4) is 0 Å². The molecule has 0 radical (unpaired) electrons. The predicted molar refractivity (Wildman–Crippen MR) is 206 cm³/mol. The van der Waals surface area contributed by atoms with Crippen molar-refractivity contribution in [1.82, 2.24) is 29.3 Å². The lowest BCUT2D eigenvalue weighted by Gasteiger charge is -2.37. The third kappa shape index (κ3) is 8.20. The molecule has 2 aliphatic rings. The van der Waals surface area contributed by atoms with Crippen LogP contribution in [0.5, 0.6) is 5.75 Å². The lowest BCUT2D eigenvalue weighted by atomic mass is 10.1. The highest BCUT2D eigenvalue weighted by molar-refractivity contribution is 7.59. The topological polar surface area (TPSA) is 105 Å². The fraction of sp³-hybridized carbons (Fsp3) is 0.389. The molecule has 268 valence electrons. The Labute approximate surface area is 307 Å². The Morgan fingerprint density at radius 1 is 0.840 bits per heavy atom. The summed E-state index contributed by atoms with van der Waals surface area (Å²) in [4.78, 5) is 19.1. The number of aromatic nitrogens is 6. The van der Waals surface area contributed by atoms with Gasteiger partial charge in [-0.3, -0.25) is 0 Å². The largest absolute Gasteiger partial charge is 0.491 e. The normalized spacial score (nSPS) is 19.2. The maximum Gasteiger partial charge on any atom is 0.350 e. The van der Waals surface area contributed by atoms with Crippen molar-refractivity contribution in [2.45, 2.75) is 52.2 Å². The SMILES string of the molecule is C.CCC(C)n1ncn(-c2ccc(N3CCN(c4ccc(OC[C@H]5CO[C@@](Cn6nccn6)(c6ccccc6)O5)cc4)CC3)cc2)c1=O.S.S. The van der Waals surface area contributed by atoms with Gasteiger partial charge in [0.15, 0.2) is 0 Å². The minimum absolute atomic E-state index is 0. The van der Waals surface area contributed by atoms with E-state index in [2.05, 4.69) is 56.3 Å². The molecule has 0 aliphatic carbocycles. The molecule has 12 nitrogen and oxygen atoms in total. The first-order valence-electron chi connectivity index (χ1n) is 16.2. The molecule has 0 saturated carbocycles. The van der Waals surface area contributed by atoms with Gasteiger partial charge in [0.2, 0.25) is 5.79 Å². The second-order valence-electron chi connectivity index (χ2n) is 12.0. The van der Waals surface area contributed by atoms with Gasteiger partial charge in [-0.2, -0.15) is 47.1 Å². The standard InChI is InChI=1S/C35H40N8O4.CH4.2H2S/c1-3-27(2)43-34(44)41(26-38-43)31-11-9-29(10-12-31)39-19-21-40(22-20-39)30-13-15-32(16-14-30)45-23-33-24-46-35(47-33,25-42-36-17-18-37-42)28-7-5-4-6-8-28;;;/h4-18,26-27,33H,3,19-25H2,1-2H3;1H4;2*1H2/t27?,33-,35+;;;/m0.../s1. The summed E-state index contributed by atoms with van der Waals surface area (Å²) < 4.78 is 22.0. The second-order valence-corrected chi connectivity index (χ2v) is 12.0. The van der Waals surface area contributed by atoms with Crippen molar-refractivity contribution in [3.05, 3.63) is 114 Å². The molecule has 5 aromatic rings. The van der Waals surface area contributed by atoms with E-state index in [0.29, 0.717) is 19.8 Å². The summed E-state index contributed by atoms with van der Waals surface area (Å²) in [6, 6.07) is 26.4. The van der Waals surface area contributed by atoms with E-state index < -0.39 is 5.79 Å². The predicted octanol–water partition coefficient (Wildman–Crippen LogP) is 5.13. The lowest BCUT2D eigenvalue weighted by Crippen LogP contribution is -2.46. The van der Waals surface area contributed by atoms with Gasteiger partial charge in [0.1, 0.15) is 31.3 Å². The molecule has 2 aliphatic heterocycles. The molecule has 0 spiro atoms. The van der Waals surface area contributed by atoms with Gasteiger partial charge in [-0.15, -0.1) is 0 Å². The molecular weight excluding hydrogens is 673 g/mol. The first-order valence-corrected chi connectivity index (χ1v) is 16.2. The van der Waals surface area contributed by atoms with Gasteiger partial charge in [-0.25, -0.2) is 14.0 Å². The number of rotatable bonds is 11. The van der Waals surface area contributed by atoms with Crippen molar-refractivity contribution < 1.29 is 14.2 Å². The number of anilines is 2. The van der Waals surface area contributed by atoms with Crippen molar-refractivity contribution in [2.24, 2.45) is 0 Å². The maximum absolute atomic E-state index is 12.8. The van der Waals surface area contributed by atoms with Gasteiger partial charge in [0.25, 0.3) is 0 Å². The third-order valence-corrected chi connectivity index (χ3v) is 9.00. The molecule has 50 heavy (non-hydrogen) atoms. The Morgan fingerprint density at radius 3 is 2.02 bits per heavy atom. The molecule has 4 heterocycles. The molecule has 2 saturated heterocycles. The summed E-state index contributed by atoms with van der Waals surface area (Å²) in [5, 5.41) is 12.8. The van der Waals surface area contributed by atoms with Gasteiger partial charge < -0.3 is 24.0 Å². The van der Waals surface area contributed by atoms with Crippen LogP contribution < -0.4 is 20.2 Å². The monoisotopic (exact) mass is 720 g/mol. The van der Waals surface area contributed by atoms with Gasteiger partial charge in [-0.05, 0) is 61.9 Å². The van der Waals surface area contributed by atoms with Crippen molar-refractivity contribution in [3.63, 3.8) is 0 Å². The Bertz CT molecular complexity index is 1790. The summed E-state index contributed by atoms with van der Waals surface area (Å²) in [7, 11) is 0. The van der Waals surface area contributed by atoms with E-state index in [1.165, 1.54) is 5.69 Å². The van der Waals surface area contributed by atoms with Crippen LogP contribution in [0, 0.1) is 0 Å². The van der Waals surface area contributed by atoms with Crippen molar-refractivity contribution in [3.8, 4) is 11.4 Å². The van der Waals surface area contributed by atoms with E-state index in [1.807, 2.05) is 61.5 Å². The Kier molecular flexibility index (Phi) is 13.2. The Balaban J connectivity index is 0.00000187. The van der Waals surface area contributed by atoms with Crippen molar-refractivity contribution in [1.29, 1.82) is 0 Å². The first-order chi connectivity index (χ1) is 23.0. The van der Waals surface area contributed by atoms with Gasteiger partial charge >= 0.3 is 5.69 Å². The van der Waals surface area contributed by atoms with Crippen molar-refractivity contribution >= 4 is 38.4 Å². The molecule has 3 aromatic carbocycles. The molecule has 3 atom stereocenters. The summed E-state index contributed by atoms with van der Waals surface area (Å²) in [5.74, 6) is -0.185. The van der Waals surface area contributed by atoms with Gasteiger partial charge in [0, 0.05) is 43.1 Å². The van der Waals surface area contributed by atoms with Crippen LogP contribution in [-0.2, 0) is 21.8 Å². The second kappa shape index (κ2) is 17.1. The highest BCUT2D eigenvalue weighted by Crippen LogP contribution is 2.36. The maximum atomic E-state index is 12.8. The van der Waals surface area contributed by atoms with Gasteiger partial charge in [0.05, 0.1) is 30.7 Å². The zero-order valence-corrected chi connectivity index (χ0v) is 29.8. The fourth-order valence-electron chi connectivity index (χ4n) is 6.13. The molecular formula is C36H48N8O4S2. The van der Waals surface area contributed by atoms with Crippen molar-refractivity contribution in [2.75, 3.05) is 49.2 Å². The van der Waals surface area contributed by atoms with E-state index in [1.54, 1.807) is 32.8 Å². The summed E-state index contributed by atoms with van der Waals surface area (Å²) >= 11 is 0. The number of hydrogen-bond donors (Lipinski definition) is 0. The number of nitrogens with zero attached hydrogens (tertiary/aromatic N) is 8. The summed E-state index contributed by atoms with van der Waals surface area (Å²) in [5.41, 5.74) is 3.95.